The van der Waals surface area contributed by atoms with Crippen LogP contribution in [0.15, 0.2) is 77.9 Å². The molecule has 3 N–H and O–H groups in total. The normalized spacial score (nSPS) is 11.1. The van der Waals surface area contributed by atoms with Gasteiger partial charge < -0.3 is 10.8 Å². The number of alkyl halides is 1. The summed E-state index contributed by atoms with van der Waals surface area (Å²) in [6.07, 6.45) is 3.11. The Morgan fingerprint density at radius 1 is 0.977 bits per heavy atom. The topological polar surface area (TPSA) is 125 Å². The SMILES string of the molecule is Nc1ncnc2c1c(-c1ccc(O)cc1)nn2Cc1nc2cccc(C#CCCCI)c2c(=O)n1Cc1ccccc1Cl. The summed E-state index contributed by atoms with van der Waals surface area (Å²) in [7, 11) is 0. The second-order valence-corrected chi connectivity index (χ2v) is 11.3. The predicted molar refractivity (Wildman–Crippen MR) is 177 cm³/mol. The average molecular weight is 702 g/mol. The molecule has 0 saturated heterocycles. The highest BCUT2D eigenvalue weighted by molar-refractivity contribution is 14.1. The van der Waals surface area contributed by atoms with Crippen molar-refractivity contribution in [3.63, 3.8) is 0 Å². The molecule has 43 heavy (non-hydrogen) atoms. The minimum absolute atomic E-state index is 0.117. The molecule has 3 aromatic carbocycles. The summed E-state index contributed by atoms with van der Waals surface area (Å²) in [5.41, 5.74) is 9.82. The number of benzene rings is 3. The zero-order valence-corrected chi connectivity index (χ0v) is 25.7. The lowest BCUT2D eigenvalue weighted by Gasteiger charge is -2.15. The Balaban J connectivity index is 1.54. The van der Waals surface area contributed by atoms with Crippen molar-refractivity contribution in [1.82, 2.24) is 29.3 Å². The van der Waals surface area contributed by atoms with Crippen molar-refractivity contribution < 1.29 is 5.11 Å². The summed E-state index contributed by atoms with van der Waals surface area (Å²) in [4.78, 5) is 27.9. The first-order valence-corrected chi connectivity index (χ1v) is 15.4. The molecule has 6 aromatic rings. The summed E-state index contributed by atoms with van der Waals surface area (Å²) >= 11 is 8.87. The number of nitrogen functional groups attached to an aromatic ring is 1. The van der Waals surface area contributed by atoms with E-state index in [1.54, 1.807) is 39.6 Å². The molecule has 3 heterocycles. The number of phenolic OH excluding ortho intramolecular Hbond substituents is 1. The Bertz CT molecular complexity index is 2100. The molecule has 0 fully saturated rings. The minimum atomic E-state index is -0.219. The van der Waals surface area contributed by atoms with E-state index in [2.05, 4.69) is 44.4 Å². The van der Waals surface area contributed by atoms with E-state index < -0.39 is 0 Å². The predicted octanol–water partition coefficient (Wildman–Crippen LogP) is 5.81. The molecule has 0 radical (unpaired) electrons. The molecule has 0 bridgehead atoms. The van der Waals surface area contributed by atoms with Gasteiger partial charge >= 0.3 is 0 Å². The first-order valence-electron chi connectivity index (χ1n) is 13.5. The number of rotatable bonds is 7. The maximum absolute atomic E-state index is 14.3. The van der Waals surface area contributed by atoms with Gasteiger partial charge in [0.15, 0.2) is 5.65 Å². The Morgan fingerprint density at radius 3 is 2.58 bits per heavy atom. The summed E-state index contributed by atoms with van der Waals surface area (Å²) < 4.78 is 4.31. The molecule has 0 unspecified atom stereocenters. The van der Waals surface area contributed by atoms with Gasteiger partial charge in [0.05, 0.1) is 22.8 Å². The Hall–Kier alpha value is -4.47. The monoisotopic (exact) mass is 701 g/mol. The maximum Gasteiger partial charge on any atom is 0.263 e. The first kappa shape index (κ1) is 28.6. The zero-order valence-electron chi connectivity index (χ0n) is 22.8. The van der Waals surface area contributed by atoms with E-state index in [1.807, 2.05) is 36.4 Å². The fourth-order valence-corrected chi connectivity index (χ4v) is 5.48. The number of fused-ring (bicyclic) bond motifs is 2. The van der Waals surface area contributed by atoms with Gasteiger partial charge in [-0.2, -0.15) is 5.10 Å². The highest BCUT2D eigenvalue weighted by atomic mass is 127. The molecule has 0 spiro atoms. The molecule has 11 heteroatoms. The number of hydrogen-bond donors (Lipinski definition) is 2. The summed E-state index contributed by atoms with van der Waals surface area (Å²) in [5.74, 6) is 7.25. The van der Waals surface area contributed by atoms with Crippen molar-refractivity contribution >= 4 is 61.9 Å². The van der Waals surface area contributed by atoms with Gasteiger partial charge in [0.1, 0.15) is 36.0 Å². The molecule has 0 atom stereocenters. The van der Waals surface area contributed by atoms with E-state index in [9.17, 15) is 9.90 Å². The van der Waals surface area contributed by atoms with Crippen molar-refractivity contribution in [2.45, 2.75) is 25.9 Å². The van der Waals surface area contributed by atoms with Gasteiger partial charge in [0, 0.05) is 27.0 Å². The number of nitrogens with two attached hydrogens (primary N) is 1. The maximum atomic E-state index is 14.3. The quantitative estimate of drug-likeness (QED) is 0.0932. The van der Waals surface area contributed by atoms with E-state index in [1.165, 1.54) is 6.33 Å². The Morgan fingerprint density at radius 2 is 1.79 bits per heavy atom. The number of aromatic hydroxyl groups is 1. The second-order valence-electron chi connectivity index (χ2n) is 9.82. The third-order valence-corrected chi connectivity index (χ3v) is 8.13. The first-order chi connectivity index (χ1) is 20.9. The number of nitrogens with zero attached hydrogens (tertiary/aromatic N) is 6. The molecule has 0 amide bonds. The van der Waals surface area contributed by atoms with Gasteiger partial charge in [-0.25, -0.2) is 19.6 Å². The Kier molecular flexibility index (Phi) is 8.26. The molecular weight excluding hydrogens is 677 g/mol. The number of anilines is 1. The third kappa shape index (κ3) is 5.78. The van der Waals surface area contributed by atoms with Gasteiger partial charge in [-0.05, 0) is 54.4 Å². The van der Waals surface area contributed by atoms with E-state index in [0.717, 1.165) is 28.4 Å². The van der Waals surface area contributed by atoms with Crippen LogP contribution in [0.25, 0.3) is 33.2 Å². The molecule has 214 valence electrons. The Labute approximate surface area is 265 Å². The van der Waals surface area contributed by atoms with E-state index in [0.29, 0.717) is 44.0 Å². The molecule has 0 aliphatic carbocycles. The van der Waals surface area contributed by atoms with E-state index in [-0.39, 0.29) is 30.2 Å². The van der Waals surface area contributed by atoms with Gasteiger partial charge in [-0.15, -0.1) is 0 Å². The van der Waals surface area contributed by atoms with Crippen LogP contribution in [0.2, 0.25) is 5.02 Å². The molecule has 0 aliphatic heterocycles. The number of aromatic nitrogens is 6. The van der Waals surface area contributed by atoms with Crippen LogP contribution in [0.1, 0.15) is 29.8 Å². The van der Waals surface area contributed by atoms with Crippen LogP contribution >= 0.6 is 34.2 Å². The number of halogens is 2. The smallest absolute Gasteiger partial charge is 0.263 e. The van der Waals surface area contributed by atoms with E-state index in [4.69, 9.17) is 27.4 Å². The lowest BCUT2D eigenvalue weighted by atomic mass is 10.1. The van der Waals surface area contributed by atoms with Crippen LogP contribution < -0.4 is 11.3 Å². The minimum Gasteiger partial charge on any atom is -0.508 e. The van der Waals surface area contributed by atoms with Gasteiger partial charge in [-0.3, -0.25) is 9.36 Å². The molecule has 0 aliphatic rings. The average Bonchev–Trinajstić information content (AvgIpc) is 3.38. The lowest BCUT2D eigenvalue weighted by Crippen LogP contribution is -2.28. The number of hydrogen-bond acceptors (Lipinski definition) is 7. The standard InChI is InChI=1S/C32H25ClIN7O2/c33-24-10-4-3-8-22(24)17-40-26(38-25-11-6-9-20(27(25)32(40)43)7-2-1-5-16-34)18-41-31-28(30(35)36-19-37-31)29(39-41)21-12-14-23(42)15-13-21/h3-4,6,8-15,19,42H,1,5,16-18H2,(H2,35,36,37). The van der Waals surface area contributed by atoms with Gasteiger partial charge in [0.2, 0.25) is 0 Å². The van der Waals surface area contributed by atoms with Gasteiger partial charge in [-0.1, -0.05) is 70.3 Å². The van der Waals surface area contributed by atoms with Crippen molar-refractivity contribution in [2.24, 2.45) is 0 Å². The largest absolute Gasteiger partial charge is 0.508 e. The van der Waals surface area contributed by atoms with Crippen LogP contribution in [-0.2, 0) is 13.1 Å². The van der Waals surface area contributed by atoms with Crippen LogP contribution in [-0.4, -0.2) is 38.8 Å². The van der Waals surface area contributed by atoms with Crippen LogP contribution in [0, 0.1) is 11.8 Å². The summed E-state index contributed by atoms with van der Waals surface area (Å²) in [5, 5.41) is 16.2. The molecule has 0 saturated carbocycles. The van der Waals surface area contributed by atoms with Gasteiger partial charge in [0.25, 0.3) is 5.56 Å². The molecule has 3 aromatic heterocycles. The van der Waals surface area contributed by atoms with Crippen molar-refractivity contribution in [3.8, 4) is 28.8 Å². The number of unbranched alkanes of at least 4 members (excludes halogenated alkanes) is 1. The highest BCUT2D eigenvalue weighted by Gasteiger charge is 2.21. The van der Waals surface area contributed by atoms with Crippen LogP contribution in [0.3, 0.4) is 0 Å². The lowest BCUT2D eigenvalue weighted by molar-refractivity contribution is 0.475. The van der Waals surface area contributed by atoms with Crippen LogP contribution in [0.4, 0.5) is 5.82 Å². The molecule has 6 rings (SSSR count). The number of phenols is 1. The van der Waals surface area contributed by atoms with Crippen LogP contribution in [0.5, 0.6) is 5.75 Å². The summed E-state index contributed by atoms with van der Waals surface area (Å²) in [6, 6.07) is 19.6. The zero-order chi connectivity index (χ0) is 29.9. The molecule has 9 nitrogen and oxygen atoms in total. The summed E-state index contributed by atoms with van der Waals surface area (Å²) in [6.45, 7) is 0.320. The molecular formula is C32H25ClIN7O2. The highest BCUT2D eigenvalue weighted by Crippen LogP contribution is 2.31. The fourth-order valence-electron chi connectivity index (χ4n) is 4.90. The fraction of sp³-hybridized carbons (Fsp3) is 0.156. The second kappa shape index (κ2) is 12.4. The van der Waals surface area contributed by atoms with Crippen molar-refractivity contribution in [1.29, 1.82) is 0 Å². The van der Waals surface area contributed by atoms with Crippen molar-refractivity contribution in [3.05, 3.63) is 105 Å². The van der Waals surface area contributed by atoms with E-state index >= 15 is 0 Å². The van der Waals surface area contributed by atoms with Crippen molar-refractivity contribution in [2.75, 3.05) is 10.2 Å². The third-order valence-electron chi connectivity index (χ3n) is 7.00.